The molecule has 1 aromatic heterocycles. The van der Waals surface area contributed by atoms with Crippen LogP contribution in [0.1, 0.15) is 19.3 Å². The van der Waals surface area contributed by atoms with Gasteiger partial charge in [0, 0.05) is 13.1 Å². The average molecular weight is 416 g/mol. The van der Waals surface area contributed by atoms with Crippen LogP contribution in [-0.2, 0) is 22.0 Å². The van der Waals surface area contributed by atoms with Gasteiger partial charge in [-0.2, -0.15) is 0 Å². The summed E-state index contributed by atoms with van der Waals surface area (Å²) in [6.45, 7) is 1.60. The van der Waals surface area contributed by atoms with Gasteiger partial charge in [0.15, 0.2) is 11.0 Å². The summed E-state index contributed by atoms with van der Waals surface area (Å²) < 4.78 is 45.0. The van der Waals surface area contributed by atoms with E-state index in [4.69, 9.17) is 0 Å². The molecule has 2 heterocycles. The van der Waals surface area contributed by atoms with Crippen LogP contribution in [0.5, 0.6) is 0 Å². The van der Waals surface area contributed by atoms with E-state index in [1.807, 2.05) is 4.90 Å². The Morgan fingerprint density at radius 1 is 1.08 bits per heavy atom. The molecule has 0 bridgehead atoms. The molecule has 1 saturated heterocycles. The van der Waals surface area contributed by atoms with Crippen LogP contribution in [0.4, 0.5) is 15.8 Å². The summed E-state index contributed by atoms with van der Waals surface area (Å²) in [7, 11) is 0.637. The lowest BCUT2D eigenvalue weighted by molar-refractivity contribution is 0.558. The van der Waals surface area contributed by atoms with Gasteiger partial charge in [0.2, 0.25) is 0 Å². The number of nitrogens with one attached hydrogen (secondary N) is 1. The second-order valence-electron chi connectivity index (χ2n) is 6.19. The Morgan fingerprint density at radius 3 is 2.46 bits per heavy atom. The number of nitrogens with zero attached hydrogens (tertiary/aromatic N) is 2. The summed E-state index contributed by atoms with van der Waals surface area (Å²) in [5.41, 5.74) is 1.00. The smallest absolute Gasteiger partial charge is 0.160 e. The molecule has 0 saturated carbocycles. The first kappa shape index (κ1) is 19.5. The number of hydrogen-bond acceptors (Lipinski definition) is 4. The second kappa shape index (κ2) is 8.60. The van der Waals surface area contributed by atoms with Crippen LogP contribution in [0.2, 0.25) is 0 Å². The van der Waals surface area contributed by atoms with Gasteiger partial charge < -0.3 is 4.90 Å². The lowest BCUT2D eigenvalue weighted by atomic mass is 10.1. The lowest BCUT2D eigenvalue weighted by Gasteiger charge is -2.30. The minimum absolute atomic E-state index is 0.311. The van der Waals surface area contributed by atoms with Crippen LogP contribution in [0.15, 0.2) is 38.8 Å². The fourth-order valence-electron chi connectivity index (χ4n) is 2.86. The van der Waals surface area contributed by atoms with Crippen molar-refractivity contribution < 1.29 is 12.8 Å². The summed E-state index contributed by atoms with van der Waals surface area (Å²) in [6, 6.07) is 8.21. The predicted molar refractivity (Wildman–Crippen MR) is 107 cm³/mol. The third-order valence-corrected chi connectivity index (χ3v) is 8.21. The van der Waals surface area contributed by atoms with Gasteiger partial charge in [0.1, 0.15) is 25.2 Å². The standard InChI is InChI=1S/C17H22FN3O2S3/c1-20(2)26(23)16-10-9-15(24-16)25(22)19-14-8-6-7-13(18)17(14)21-11-4-3-5-12-21/h6-10,19H,3-5,11-12H2,1-2H3. The number of piperidine rings is 1. The molecule has 0 amide bonds. The van der Waals surface area contributed by atoms with Crippen molar-refractivity contribution in [1.29, 1.82) is 0 Å². The molecule has 142 valence electrons. The molecule has 1 N–H and O–H groups in total. The first-order valence-electron chi connectivity index (χ1n) is 8.38. The number of benzene rings is 1. The van der Waals surface area contributed by atoms with E-state index >= 15 is 0 Å². The van der Waals surface area contributed by atoms with E-state index in [-0.39, 0.29) is 5.82 Å². The zero-order chi connectivity index (χ0) is 18.7. The molecular weight excluding hydrogens is 393 g/mol. The first-order valence-corrected chi connectivity index (χ1v) is 11.5. The zero-order valence-electron chi connectivity index (χ0n) is 14.7. The van der Waals surface area contributed by atoms with E-state index in [0.29, 0.717) is 19.8 Å². The van der Waals surface area contributed by atoms with Gasteiger partial charge >= 0.3 is 0 Å². The Bertz CT molecular complexity index is 819. The molecule has 5 nitrogen and oxygen atoms in total. The van der Waals surface area contributed by atoms with E-state index in [2.05, 4.69) is 4.72 Å². The molecule has 1 aliphatic heterocycles. The van der Waals surface area contributed by atoms with Crippen molar-refractivity contribution >= 4 is 44.7 Å². The Morgan fingerprint density at radius 2 is 1.77 bits per heavy atom. The Balaban J connectivity index is 1.81. The van der Waals surface area contributed by atoms with Crippen molar-refractivity contribution in [2.45, 2.75) is 27.7 Å². The van der Waals surface area contributed by atoms with Crippen molar-refractivity contribution in [1.82, 2.24) is 4.31 Å². The molecule has 1 aromatic carbocycles. The van der Waals surface area contributed by atoms with Crippen LogP contribution in [0.3, 0.4) is 0 Å². The number of anilines is 2. The maximum absolute atomic E-state index is 14.5. The number of para-hydroxylation sites is 1. The molecule has 1 aliphatic rings. The van der Waals surface area contributed by atoms with Crippen LogP contribution in [0.25, 0.3) is 0 Å². The van der Waals surface area contributed by atoms with Crippen molar-refractivity contribution in [3.8, 4) is 0 Å². The van der Waals surface area contributed by atoms with Crippen LogP contribution in [-0.4, -0.2) is 39.9 Å². The molecule has 2 aromatic rings. The maximum Gasteiger partial charge on any atom is 0.160 e. The SMILES string of the molecule is CN(C)S(=O)c1ccc(S(=O)Nc2cccc(F)c2N2CCCCC2)s1. The summed E-state index contributed by atoms with van der Waals surface area (Å²) in [6.07, 6.45) is 3.21. The van der Waals surface area contributed by atoms with Gasteiger partial charge in [0.25, 0.3) is 0 Å². The van der Waals surface area contributed by atoms with Gasteiger partial charge in [-0.25, -0.2) is 17.1 Å². The minimum Gasteiger partial charge on any atom is -0.367 e. The molecule has 2 unspecified atom stereocenters. The molecule has 9 heteroatoms. The van der Waals surface area contributed by atoms with Gasteiger partial charge in [-0.1, -0.05) is 6.07 Å². The summed E-state index contributed by atoms with van der Waals surface area (Å²) in [5.74, 6) is -0.311. The zero-order valence-corrected chi connectivity index (χ0v) is 17.2. The molecule has 0 radical (unpaired) electrons. The highest BCUT2D eigenvalue weighted by molar-refractivity contribution is 7.90. The number of halogens is 1. The average Bonchev–Trinajstić information content (AvgIpc) is 3.12. The van der Waals surface area contributed by atoms with Crippen LogP contribution >= 0.6 is 11.3 Å². The highest BCUT2D eigenvalue weighted by Crippen LogP contribution is 2.33. The number of hydrogen-bond donors (Lipinski definition) is 1. The predicted octanol–water partition coefficient (Wildman–Crippen LogP) is 3.60. The van der Waals surface area contributed by atoms with Gasteiger partial charge in [-0.05, 0) is 57.6 Å². The van der Waals surface area contributed by atoms with Gasteiger partial charge in [0.05, 0.1) is 11.4 Å². The Hall–Kier alpha value is -1.29. The normalized spacial score (nSPS) is 17.3. The lowest BCUT2D eigenvalue weighted by Crippen LogP contribution is -2.31. The number of thiophene rings is 1. The maximum atomic E-state index is 14.5. The van der Waals surface area contributed by atoms with Crippen LogP contribution in [0, 0.1) is 5.82 Å². The monoisotopic (exact) mass is 415 g/mol. The summed E-state index contributed by atoms with van der Waals surface area (Å²) in [4.78, 5) is 2.01. The first-order chi connectivity index (χ1) is 12.5. The van der Waals surface area contributed by atoms with E-state index in [0.717, 1.165) is 32.4 Å². The molecular formula is C17H22FN3O2S3. The van der Waals surface area contributed by atoms with Crippen molar-refractivity contribution in [2.75, 3.05) is 36.8 Å². The van der Waals surface area contributed by atoms with Gasteiger partial charge in [-0.3, -0.25) is 4.72 Å². The molecule has 0 aliphatic carbocycles. The second-order valence-corrected chi connectivity index (χ2v) is 10.6. The van der Waals surface area contributed by atoms with E-state index in [1.165, 1.54) is 17.4 Å². The third kappa shape index (κ3) is 4.33. The Kier molecular flexibility index (Phi) is 6.44. The molecule has 2 atom stereocenters. The quantitative estimate of drug-likeness (QED) is 0.784. The molecule has 0 spiro atoms. The van der Waals surface area contributed by atoms with Crippen LogP contribution < -0.4 is 9.62 Å². The van der Waals surface area contributed by atoms with Gasteiger partial charge in [-0.15, -0.1) is 11.3 Å². The Labute approximate surface area is 162 Å². The number of rotatable bonds is 6. The highest BCUT2D eigenvalue weighted by atomic mass is 32.2. The van der Waals surface area contributed by atoms with Crippen molar-refractivity contribution in [3.63, 3.8) is 0 Å². The molecule has 1 fully saturated rings. The third-order valence-electron chi connectivity index (χ3n) is 4.10. The van der Waals surface area contributed by atoms with Crippen molar-refractivity contribution in [3.05, 3.63) is 36.1 Å². The van der Waals surface area contributed by atoms with E-state index in [9.17, 15) is 12.8 Å². The largest absolute Gasteiger partial charge is 0.367 e. The van der Waals surface area contributed by atoms with Crippen molar-refractivity contribution in [2.24, 2.45) is 0 Å². The highest BCUT2D eigenvalue weighted by Gasteiger charge is 2.20. The molecule has 26 heavy (non-hydrogen) atoms. The fraction of sp³-hybridized carbons (Fsp3) is 0.412. The van der Waals surface area contributed by atoms with E-state index in [1.54, 1.807) is 42.7 Å². The topological polar surface area (TPSA) is 52.7 Å². The fourth-order valence-corrected chi connectivity index (χ4v) is 6.39. The molecule has 3 rings (SSSR count). The summed E-state index contributed by atoms with van der Waals surface area (Å²) in [5, 5.41) is 0. The summed E-state index contributed by atoms with van der Waals surface area (Å²) >= 11 is 1.23. The minimum atomic E-state index is -1.54. The van der Waals surface area contributed by atoms with E-state index < -0.39 is 22.0 Å².